The Bertz CT molecular complexity index is 234. The highest BCUT2D eigenvalue weighted by Gasteiger charge is 1.92. The lowest BCUT2D eigenvalue weighted by Crippen LogP contribution is -2.07. The second-order valence-electron chi connectivity index (χ2n) is 3.41. The zero-order valence-corrected chi connectivity index (χ0v) is 9.37. The van der Waals surface area contributed by atoms with Crippen LogP contribution in [-0.2, 0) is 4.74 Å². The normalized spacial score (nSPS) is 10.2. The Morgan fingerprint density at radius 1 is 1.20 bits per heavy atom. The Hall–Kier alpha value is -1.02. The summed E-state index contributed by atoms with van der Waals surface area (Å²) in [5, 5.41) is 0. The predicted octanol–water partition coefficient (Wildman–Crippen LogP) is 3.07. The topological polar surface area (TPSA) is 18.5 Å². The van der Waals surface area contributed by atoms with Gasteiger partial charge in [-0.1, -0.05) is 31.9 Å². The lowest BCUT2D eigenvalue weighted by atomic mass is 10.3. The van der Waals surface area contributed by atoms with Crippen LogP contribution in [0.2, 0.25) is 0 Å². The van der Waals surface area contributed by atoms with Gasteiger partial charge in [-0.3, -0.25) is 0 Å². The standard InChI is InChI=1S/C13H19O2/c1-2-3-7-10-14-11-12-15-13-8-5-4-6-9-13/h4-5,8-9H,2-3,7,10-12H2,1H3. The van der Waals surface area contributed by atoms with Gasteiger partial charge in [-0.2, -0.15) is 0 Å². The van der Waals surface area contributed by atoms with E-state index < -0.39 is 0 Å². The van der Waals surface area contributed by atoms with E-state index >= 15 is 0 Å². The fourth-order valence-corrected chi connectivity index (χ4v) is 1.24. The molecule has 1 aromatic rings. The molecule has 1 rings (SSSR count). The lowest BCUT2D eigenvalue weighted by Gasteiger charge is -2.06. The van der Waals surface area contributed by atoms with E-state index in [1.165, 1.54) is 12.8 Å². The fraction of sp³-hybridized carbons (Fsp3) is 0.538. The van der Waals surface area contributed by atoms with Crippen LogP contribution in [0.1, 0.15) is 26.2 Å². The largest absolute Gasteiger partial charge is 0.491 e. The van der Waals surface area contributed by atoms with E-state index in [1.807, 2.05) is 24.3 Å². The van der Waals surface area contributed by atoms with Gasteiger partial charge in [0, 0.05) is 6.61 Å². The van der Waals surface area contributed by atoms with Crippen molar-refractivity contribution in [2.45, 2.75) is 26.2 Å². The van der Waals surface area contributed by atoms with Crippen LogP contribution in [0, 0.1) is 6.07 Å². The number of benzene rings is 1. The molecule has 0 saturated heterocycles. The first-order valence-corrected chi connectivity index (χ1v) is 5.60. The molecule has 0 atom stereocenters. The average Bonchev–Trinajstić information content (AvgIpc) is 2.29. The first-order chi connectivity index (χ1) is 7.43. The van der Waals surface area contributed by atoms with E-state index in [9.17, 15) is 0 Å². The summed E-state index contributed by atoms with van der Waals surface area (Å²) in [6.07, 6.45) is 3.63. The van der Waals surface area contributed by atoms with Crippen molar-refractivity contribution < 1.29 is 9.47 Å². The minimum absolute atomic E-state index is 0.615. The zero-order valence-electron chi connectivity index (χ0n) is 9.37. The van der Waals surface area contributed by atoms with Crippen molar-refractivity contribution in [2.75, 3.05) is 19.8 Å². The van der Waals surface area contributed by atoms with Crippen molar-refractivity contribution in [1.82, 2.24) is 0 Å². The molecule has 0 bridgehead atoms. The van der Waals surface area contributed by atoms with Gasteiger partial charge in [0.05, 0.1) is 6.61 Å². The van der Waals surface area contributed by atoms with E-state index in [2.05, 4.69) is 13.0 Å². The number of hydrogen-bond acceptors (Lipinski definition) is 2. The summed E-state index contributed by atoms with van der Waals surface area (Å²) in [6.45, 7) is 4.32. The molecule has 15 heavy (non-hydrogen) atoms. The highest BCUT2D eigenvalue weighted by molar-refractivity contribution is 5.19. The first kappa shape index (κ1) is 12.1. The third kappa shape index (κ3) is 6.13. The summed E-state index contributed by atoms with van der Waals surface area (Å²) >= 11 is 0. The molecular weight excluding hydrogens is 188 g/mol. The van der Waals surface area contributed by atoms with Crippen LogP contribution in [-0.4, -0.2) is 19.8 Å². The van der Waals surface area contributed by atoms with E-state index in [4.69, 9.17) is 9.47 Å². The fourth-order valence-electron chi connectivity index (χ4n) is 1.24. The van der Waals surface area contributed by atoms with Gasteiger partial charge in [0.15, 0.2) is 0 Å². The van der Waals surface area contributed by atoms with Gasteiger partial charge < -0.3 is 9.47 Å². The van der Waals surface area contributed by atoms with Crippen LogP contribution in [0.4, 0.5) is 0 Å². The third-order valence-electron chi connectivity index (χ3n) is 2.07. The summed E-state index contributed by atoms with van der Waals surface area (Å²) in [5.74, 6) is 0.856. The van der Waals surface area contributed by atoms with Crippen LogP contribution >= 0.6 is 0 Å². The molecular formula is C13H19O2. The predicted molar refractivity (Wildman–Crippen MR) is 61.1 cm³/mol. The highest BCUT2D eigenvalue weighted by Crippen LogP contribution is 2.07. The maximum absolute atomic E-state index is 5.46. The van der Waals surface area contributed by atoms with Gasteiger partial charge in [0.1, 0.15) is 12.4 Å². The summed E-state index contributed by atoms with van der Waals surface area (Å²) in [5.41, 5.74) is 0. The highest BCUT2D eigenvalue weighted by atomic mass is 16.5. The first-order valence-electron chi connectivity index (χ1n) is 5.60. The molecule has 2 nitrogen and oxygen atoms in total. The van der Waals surface area contributed by atoms with Crippen molar-refractivity contribution in [3.63, 3.8) is 0 Å². The molecule has 2 heteroatoms. The molecule has 0 unspecified atom stereocenters. The summed E-state index contributed by atoms with van der Waals surface area (Å²) in [4.78, 5) is 0. The number of unbranched alkanes of at least 4 members (excludes halogenated alkanes) is 2. The molecule has 1 aromatic carbocycles. The van der Waals surface area contributed by atoms with Gasteiger partial charge in [0.25, 0.3) is 0 Å². The average molecular weight is 207 g/mol. The van der Waals surface area contributed by atoms with Crippen molar-refractivity contribution in [1.29, 1.82) is 0 Å². The minimum Gasteiger partial charge on any atom is -0.491 e. The molecule has 1 radical (unpaired) electrons. The number of hydrogen-bond donors (Lipinski definition) is 0. The van der Waals surface area contributed by atoms with Gasteiger partial charge in [-0.05, 0) is 24.6 Å². The summed E-state index contributed by atoms with van der Waals surface area (Å²) in [7, 11) is 0. The molecule has 0 saturated carbocycles. The van der Waals surface area contributed by atoms with Crippen molar-refractivity contribution in [2.24, 2.45) is 0 Å². The van der Waals surface area contributed by atoms with Crippen molar-refractivity contribution in [3.05, 3.63) is 30.3 Å². The van der Waals surface area contributed by atoms with E-state index in [1.54, 1.807) is 0 Å². The maximum Gasteiger partial charge on any atom is 0.120 e. The van der Waals surface area contributed by atoms with E-state index in [0.29, 0.717) is 13.2 Å². The quantitative estimate of drug-likeness (QED) is 0.610. The molecule has 0 aromatic heterocycles. The smallest absolute Gasteiger partial charge is 0.120 e. The Balaban J connectivity index is 1.93. The summed E-state index contributed by atoms with van der Waals surface area (Å²) < 4.78 is 10.9. The minimum atomic E-state index is 0.615. The van der Waals surface area contributed by atoms with Gasteiger partial charge in [-0.15, -0.1) is 0 Å². The molecule has 0 aliphatic rings. The second-order valence-corrected chi connectivity index (χ2v) is 3.41. The Morgan fingerprint density at radius 2 is 2.13 bits per heavy atom. The third-order valence-corrected chi connectivity index (χ3v) is 2.07. The molecule has 0 heterocycles. The van der Waals surface area contributed by atoms with Crippen LogP contribution < -0.4 is 4.74 Å². The van der Waals surface area contributed by atoms with E-state index in [-0.39, 0.29) is 0 Å². The van der Waals surface area contributed by atoms with Gasteiger partial charge in [0.2, 0.25) is 0 Å². The van der Waals surface area contributed by atoms with Crippen LogP contribution in [0.15, 0.2) is 24.3 Å². The van der Waals surface area contributed by atoms with Crippen LogP contribution in [0.25, 0.3) is 0 Å². The van der Waals surface area contributed by atoms with Gasteiger partial charge >= 0.3 is 0 Å². The molecule has 0 aliphatic carbocycles. The number of ether oxygens (including phenoxy) is 2. The molecule has 0 N–H and O–H groups in total. The van der Waals surface area contributed by atoms with Crippen molar-refractivity contribution in [3.8, 4) is 5.75 Å². The van der Waals surface area contributed by atoms with Crippen LogP contribution in [0.3, 0.4) is 0 Å². The molecule has 83 valence electrons. The van der Waals surface area contributed by atoms with Crippen LogP contribution in [0.5, 0.6) is 5.75 Å². The molecule has 0 fully saturated rings. The summed E-state index contributed by atoms with van der Waals surface area (Å²) in [6, 6.07) is 10.5. The number of rotatable bonds is 8. The molecule has 0 aliphatic heterocycles. The lowest BCUT2D eigenvalue weighted by molar-refractivity contribution is 0.0973. The Morgan fingerprint density at radius 3 is 2.87 bits per heavy atom. The van der Waals surface area contributed by atoms with E-state index in [0.717, 1.165) is 18.8 Å². The Kier molecular flexibility index (Phi) is 6.67. The van der Waals surface area contributed by atoms with Gasteiger partial charge in [-0.25, -0.2) is 0 Å². The maximum atomic E-state index is 5.46. The molecule has 0 spiro atoms. The molecule has 0 amide bonds. The monoisotopic (exact) mass is 207 g/mol. The Labute approximate surface area is 92.2 Å². The second kappa shape index (κ2) is 8.30. The van der Waals surface area contributed by atoms with Crippen molar-refractivity contribution >= 4 is 0 Å². The zero-order chi connectivity index (χ0) is 10.8. The SMILES string of the molecule is CCCCCOCCOc1c[c]ccc1.